The summed E-state index contributed by atoms with van der Waals surface area (Å²) in [4.78, 5) is 23.9. The lowest BCUT2D eigenvalue weighted by Crippen LogP contribution is -2.04. The second kappa shape index (κ2) is 13.0. The minimum Gasteiger partial charge on any atom is -0.494 e. The predicted octanol–water partition coefficient (Wildman–Crippen LogP) is 7.39. The van der Waals surface area contributed by atoms with Crippen molar-refractivity contribution in [1.29, 1.82) is 0 Å². The van der Waals surface area contributed by atoms with Crippen molar-refractivity contribution in [3.63, 3.8) is 0 Å². The van der Waals surface area contributed by atoms with E-state index in [2.05, 4.69) is 23.0 Å². The Morgan fingerprint density at radius 3 is 2.29 bits per heavy atom. The van der Waals surface area contributed by atoms with Gasteiger partial charge in [0.2, 0.25) is 0 Å². The molecule has 184 valence electrons. The van der Waals surface area contributed by atoms with Gasteiger partial charge in [0, 0.05) is 11.4 Å². The molecule has 0 aliphatic carbocycles. The van der Waals surface area contributed by atoms with Crippen molar-refractivity contribution in [3.05, 3.63) is 46.9 Å². The van der Waals surface area contributed by atoms with Crippen LogP contribution in [0.5, 0.6) is 5.75 Å². The second-order valence-corrected chi connectivity index (χ2v) is 8.95. The topological polar surface area (TPSA) is 79.5 Å². The molecule has 0 radical (unpaired) electrons. The van der Waals surface area contributed by atoms with Gasteiger partial charge in [-0.3, -0.25) is 4.99 Å². The number of hydrogen-bond donors (Lipinski definition) is 2. The molecular weight excluding hydrogens is 426 g/mol. The number of allylic oxidation sites excluding steroid dienone is 2. The average Bonchev–Trinajstić information content (AvgIpc) is 3.56. The molecule has 34 heavy (non-hydrogen) atoms. The molecule has 1 aliphatic heterocycles. The van der Waals surface area contributed by atoms with Crippen LogP contribution in [-0.4, -0.2) is 35.9 Å². The Kier molecular flexibility index (Phi) is 9.80. The van der Waals surface area contributed by atoms with E-state index < -0.39 is 5.97 Å². The van der Waals surface area contributed by atoms with Crippen LogP contribution in [0, 0.1) is 6.92 Å². The van der Waals surface area contributed by atoms with Gasteiger partial charge in [0.1, 0.15) is 5.56 Å². The zero-order valence-corrected chi connectivity index (χ0v) is 21.1. The predicted molar refractivity (Wildman–Crippen MR) is 140 cm³/mol. The first kappa shape index (κ1) is 25.6. The molecule has 0 unspecified atom stereocenters. The van der Waals surface area contributed by atoms with Crippen LogP contribution in [0.3, 0.4) is 0 Å². The number of nitrogens with zero attached hydrogens (tertiary/aromatic N) is 1. The van der Waals surface area contributed by atoms with Crippen molar-refractivity contribution < 1.29 is 14.3 Å². The summed E-state index contributed by atoms with van der Waals surface area (Å²) < 4.78 is 10.6. The molecule has 0 atom stereocenters. The molecule has 0 bridgehead atoms. The number of hydrogen-bond acceptors (Lipinski definition) is 4. The minimum atomic E-state index is -0.448. The third-order valence-electron chi connectivity index (χ3n) is 6.22. The molecule has 0 amide bonds. The van der Waals surface area contributed by atoms with Crippen LogP contribution in [0.2, 0.25) is 0 Å². The van der Waals surface area contributed by atoms with E-state index in [4.69, 9.17) is 14.5 Å². The van der Waals surface area contributed by atoms with E-state index in [1.165, 1.54) is 64.9 Å². The number of H-pyrrole nitrogens is 2. The van der Waals surface area contributed by atoms with E-state index in [0.29, 0.717) is 22.7 Å². The van der Waals surface area contributed by atoms with E-state index in [0.717, 1.165) is 29.2 Å². The van der Waals surface area contributed by atoms with E-state index >= 15 is 0 Å². The highest BCUT2D eigenvalue weighted by Crippen LogP contribution is 2.36. The Morgan fingerprint density at radius 1 is 0.971 bits per heavy atom. The van der Waals surface area contributed by atoms with Crippen LogP contribution in [0.1, 0.15) is 92.9 Å². The first-order chi connectivity index (χ1) is 16.6. The highest BCUT2D eigenvalue weighted by atomic mass is 16.5. The van der Waals surface area contributed by atoms with Gasteiger partial charge in [-0.2, -0.15) is 0 Å². The number of ether oxygens (including phenoxy) is 2. The van der Waals surface area contributed by atoms with E-state index in [1.54, 1.807) is 7.11 Å². The molecule has 2 aromatic rings. The number of rotatable bonds is 14. The Labute approximate surface area is 203 Å². The Bertz CT molecular complexity index is 1040. The van der Waals surface area contributed by atoms with Crippen molar-refractivity contribution in [2.45, 2.75) is 78.1 Å². The Morgan fingerprint density at radius 2 is 1.68 bits per heavy atom. The van der Waals surface area contributed by atoms with Gasteiger partial charge >= 0.3 is 5.97 Å². The summed E-state index contributed by atoms with van der Waals surface area (Å²) >= 11 is 0. The van der Waals surface area contributed by atoms with Crippen molar-refractivity contribution in [2.24, 2.45) is 4.99 Å². The van der Waals surface area contributed by atoms with E-state index in [1.807, 2.05) is 31.2 Å². The van der Waals surface area contributed by atoms with E-state index in [-0.39, 0.29) is 0 Å². The number of carbonyl (C=O) groups excluding carboxylic acids is 1. The van der Waals surface area contributed by atoms with Gasteiger partial charge in [-0.05, 0) is 50.1 Å². The quantitative estimate of drug-likeness (QED) is 0.225. The first-order valence-electron chi connectivity index (χ1n) is 12.6. The highest BCUT2D eigenvalue weighted by molar-refractivity contribution is 6.02. The fourth-order valence-corrected chi connectivity index (χ4v) is 4.37. The zero-order valence-electron chi connectivity index (χ0n) is 21.1. The number of methoxy groups -OCH3 is 2. The lowest BCUT2D eigenvalue weighted by atomic mass is 10.1. The van der Waals surface area contributed by atoms with E-state index in [9.17, 15) is 4.79 Å². The molecule has 3 heterocycles. The van der Waals surface area contributed by atoms with Crippen LogP contribution in [-0.2, 0) is 4.74 Å². The number of aliphatic imine (C=N–C) groups is 1. The Balaban J connectivity index is 1.64. The molecule has 0 saturated carbocycles. The second-order valence-electron chi connectivity index (χ2n) is 8.95. The standard InChI is InChI=1S/C28H39N3O3/c1-5-6-7-8-9-10-11-12-13-14-21-16-17-22(30-21)19-24-27(33-3)25(28(32)34-4)26(31-24)23-18-15-20(2)29-23/h15-19,29,31H,5-14H2,1-4H3. The maximum absolute atomic E-state index is 12.6. The van der Waals surface area contributed by atoms with Gasteiger partial charge in [-0.25, -0.2) is 4.79 Å². The summed E-state index contributed by atoms with van der Waals surface area (Å²) in [6.45, 7) is 4.23. The number of aryl methyl sites for hydroxylation is 1. The van der Waals surface area contributed by atoms with Crippen LogP contribution < -0.4 is 4.74 Å². The third kappa shape index (κ3) is 6.75. The molecule has 6 heteroatoms. The molecule has 0 aromatic carbocycles. The van der Waals surface area contributed by atoms with Gasteiger partial charge in [-0.1, -0.05) is 58.3 Å². The van der Waals surface area contributed by atoms with Crippen LogP contribution in [0.15, 0.2) is 35.0 Å². The maximum atomic E-state index is 12.6. The molecule has 2 aromatic heterocycles. The summed E-state index contributed by atoms with van der Waals surface area (Å²) in [5.74, 6) is 0.00844. The number of aromatic nitrogens is 2. The number of esters is 1. The maximum Gasteiger partial charge on any atom is 0.343 e. The number of nitrogens with one attached hydrogen (secondary N) is 2. The molecule has 0 saturated heterocycles. The van der Waals surface area contributed by atoms with Crippen molar-refractivity contribution >= 4 is 17.8 Å². The van der Waals surface area contributed by atoms with Crippen LogP contribution >= 0.6 is 0 Å². The number of unbranched alkanes of at least 4 members (excludes halogenated alkanes) is 8. The van der Waals surface area contributed by atoms with Gasteiger partial charge in [-0.15, -0.1) is 0 Å². The summed E-state index contributed by atoms with van der Waals surface area (Å²) in [6.07, 6.45) is 18.9. The summed E-state index contributed by atoms with van der Waals surface area (Å²) in [6, 6.07) is 3.89. The third-order valence-corrected chi connectivity index (χ3v) is 6.22. The van der Waals surface area contributed by atoms with Gasteiger partial charge in [0.25, 0.3) is 0 Å². The molecule has 2 N–H and O–H groups in total. The van der Waals surface area contributed by atoms with Gasteiger partial charge < -0.3 is 19.4 Å². The van der Waals surface area contributed by atoms with Crippen molar-refractivity contribution in [1.82, 2.24) is 9.97 Å². The molecule has 3 rings (SSSR count). The van der Waals surface area contributed by atoms with Gasteiger partial charge in [0.15, 0.2) is 5.75 Å². The van der Waals surface area contributed by atoms with Gasteiger partial charge in [0.05, 0.1) is 37.0 Å². The normalized spacial score (nSPS) is 14.1. The Hall–Kier alpha value is -3.02. The molecular formula is C28H39N3O3. The lowest BCUT2D eigenvalue weighted by molar-refractivity contribution is 0.0598. The minimum absolute atomic E-state index is 0.375. The highest BCUT2D eigenvalue weighted by Gasteiger charge is 2.26. The molecule has 6 nitrogen and oxygen atoms in total. The summed E-state index contributed by atoms with van der Waals surface area (Å²) in [5.41, 5.74) is 5.47. The lowest BCUT2D eigenvalue weighted by Gasteiger charge is -2.04. The number of carbonyl (C=O) groups is 1. The number of aromatic amines is 2. The van der Waals surface area contributed by atoms with Crippen molar-refractivity contribution in [2.75, 3.05) is 14.2 Å². The SMILES string of the molecule is CCCCCCCCCCCC1=NC(=Cc2[nH]c(-c3ccc(C)[nH]3)c(C(=O)OC)c2OC)C=C1. The van der Waals surface area contributed by atoms with Crippen molar-refractivity contribution in [3.8, 4) is 17.1 Å². The summed E-state index contributed by atoms with van der Waals surface area (Å²) in [5, 5.41) is 0. The fraction of sp³-hybridized carbons (Fsp3) is 0.500. The molecule has 1 aliphatic rings. The van der Waals surface area contributed by atoms with Crippen LogP contribution in [0.4, 0.5) is 0 Å². The van der Waals surface area contributed by atoms with Crippen LogP contribution in [0.25, 0.3) is 17.5 Å². The monoisotopic (exact) mass is 465 g/mol. The molecule has 0 fully saturated rings. The zero-order chi connectivity index (χ0) is 24.3. The smallest absolute Gasteiger partial charge is 0.343 e. The largest absolute Gasteiger partial charge is 0.494 e. The average molecular weight is 466 g/mol. The fourth-order valence-electron chi connectivity index (χ4n) is 4.37. The summed E-state index contributed by atoms with van der Waals surface area (Å²) in [7, 11) is 2.93. The first-order valence-corrected chi connectivity index (χ1v) is 12.6. The molecule has 0 spiro atoms.